The van der Waals surface area contributed by atoms with Crippen LogP contribution in [0, 0.1) is 5.92 Å². The number of urea groups is 1. The highest BCUT2D eigenvalue weighted by Gasteiger charge is 2.35. The van der Waals surface area contributed by atoms with E-state index in [9.17, 15) is 14.4 Å². The number of fused-ring (bicyclic) bond motifs is 2. The van der Waals surface area contributed by atoms with Crippen LogP contribution in [0.5, 0.6) is 5.75 Å². The van der Waals surface area contributed by atoms with Gasteiger partial charge in [-0.3, -0.25) is 9.59 Å². The number of nitrogens with two attached hydrogens (primary N) is 2. The topological polar surface area (TPSA) is 155 Å². The van der Waals surface area contributed by atoms with Gasteiger partial charge in [0.1, 0.15) is 24.3 Å². The number of hydrogen-bond acceptors (Lipinski definition) is 7. The SMILES string of the molecule is CCCCCCCCN(C(=O)CN1C(Cc2ccccc2)=Nc2cc(OCCC(C(N)=O)C3NCCc4ccccc43)ccc2C1NC(N)=O)c1ccccc1Cl. The molecule has 2 aliphatic rings. The van der Waals surface area contributed by atoms with E-state index in [0.717, 1.165) is 56.2 Å². The van der Waals surface area contributed by atoms with E-state index < -0.39 is 18.1 Å². The number of amides is 4. The number of amidine groups is 1. The number of hydrogen-bond donors (Lipinski definition) is 4. The first-order valence-corrected chi connectivity index (χ1v) is 20.5. The van der Waals surface area contributed by atoms with Crippen LogP contribution < -0.4 is 31.7 Å². The normalized spacial score (nSPS) is 16.5. The molecule has 12 heteroatoms. The number of carbonyl (C=O) groups excluding carboxylic acids is 3. The lowest BCUT2D eigenvalue weighted by atomic mass is 9.84. The number of primary amides is 2. The summed E-state index contributed by atoms with van der Waals surface area (Å²) in [5.41, 5.74) is 16.9. The van der Waals surface area contributed by atoms with Crippen molar-refractivity contribution >= 4 is 46.7 Å². The Kier molecular flexibility index (Phi) is 14.6. The summed E-state index contributed by atoms with van der Waals surface area (Å²) in [5, 5.41) is 6.87. The molecule has 0 saturated carbocycles. The second-order valence-corrected chi connectivity index (χ2v) is 15.1. The molecule has 3 unspecified atom stereocenters. The molecule has 0 radical (unpaired) electrons. The van der Waals surface area contributed by atoms with Crippen LogP contribution in [-0.4, -0.2) is 54.8 Å². The number of rotatable bonds is 19. The number of ether oxygens (including phenoxy) is 1. The molecule has 0 spiro atoms. The molecule has 0 fully saturated rings. The number of carbonyl (C=O) groups is 3. The molecule has 6 N–H and O–H groups in total. The van der Waals surface area contributed by atoms with Gasteiger partial charge in [0.2, 0.25) is 11.8 Å². The molecule has 0 bridgehead atoms. The quantitative estimate of drug-likeness (QED) is 0.0713. The van der Waals surface area contributed by atoms with E-state index in [1.807, 2.05) is 77.7 Å². The minimum absolute atomic E-state index is 0.0950. The van der Waals surface area contributed by atoms with E-state index in [0.29, 0.717) is 52.9 Å². The van der Waals surface area contributed by atoms with E-state index in [4.69, 9.17) is 32.8 Å². The highest BCUT2D eigenvalue weighted by atomic mass is 35.5. The third-order valence-corrected chi connectivity index (χ3v) is 11.1. The predicted molar refractivity (Wildman–Crippen MR) is 227 cm³/mol. The highest BCUT2D eigenvalue weighted by Crippen LogP contribution is 2.38. The molecular weight excluding hydrogens is 738 g/mol. The van der Waals surface area contributed by atoms with Crippen molar-refractivity contribution in [1.82, 2.24) is 15.5 Å². The Morgan fingerprint density at radius 3 is 2.44 bits per heavy atom. The molecule has 6 rings (SSSR count). The zero-order valence-electron chi connectivity index (χ0n) is 32.7. The van der Waals surface area contributed by atoms with Crippen LogP contribution in [0.25, 0.3) is 0 Å². The lowest BCUT2D eigenvalue weighted by molar-refractivity contribution is -0.123. The zero-order valence-corrected chi connectivity index (χ0v) is 33.4. The lowest BCUT2D eigenvalue weighted by Gasteiger charge is -2.39. The molecule has 57 heavy (non-hydrogen) atoms. The molecular formula is C45H54ClN7O4. The fourth-order valence-electron chi connectivity index (χ4n) is 7.86. The molecule has 4 aromatic rings. The molecule has 300 valence electrons. The van der Waals surface area contributed by atoms with Crippen molar-refractivity contribution in [1.29, 1.82) is 0 Å². The summed E-state index contributed by atoms with van der Waals surface area (Å²) in [6, 6.07) is 29.9. The van der Waals surface area contributed by atoms with Gasteiger partial charge in [-0.25, -0.2) is 9.79 Å². The summed E-state index contributed by atoms with van der Waals surface area (Å²) in [4.78, 5) is 48.5. The Balaban J connectivity index is 1.26. The number of nitrogens with one attached hydrogen (secondary N) is 2. The molecule has 2 aliphatic heterocycles. The second kappa shape index (κ2) is 20.2. The fraction of sp³-hybridized carbons (Fsp3) is 0.378. The van der Waals surface area contributed by atoms with Crippen LogP contribution in [0.1, 0.15) is 86.3 Å². The summed E-state index contributed by atoms with van der Waals surface area (Å²) < 4.78 is 6.25. The molecule has 4 amide bonds. The van der Waals surface area contributed by atoms with Gasteiger partial charge in [0.15, 0.2) is 0 Å². The maximum Gasteiger partial charge on any atom is 0.314 e. The van der Waals surface area contributed by atoms with Crippen molar-refractivity contribution in [3.63, 3.8) is 0 Å². The van der Waals surface area contributed by atoms with Crippen LogP contribution in [-0.2, 0) is 22.4 Å². The van der Waals surface area contributed by atoms with Crippen molar-refractivity contribution in [3.8, 4) is 5.75 Å². The highest BCUT2D eigenvalue weighted by molar-refractivity contribution is 6.33. The molecule has 0 aromatic heterocycles. The summed E-state index contributed by atoms with van der Waals surface area (Å²) in [7, 11) is 0. The third kappa shape index (κ3) is 10.7. The fourth-order valence-corrected chi connectivity index (χ4v) is 8.10. The molecule has 4 aromatic carbocycles. The van der Waals surface area contributed by atoms with Crippen LogP contribution in [0.2, 0.25) is 5.02 Å². The van der Waals surface area contributed by atoms with Crippen molar-refractivity contribution in [2.24, 2.45) is 22.4 Å². The van der Waals surface area contributed by atoms with E-state index in [1.54, 1.807) is 17.0 Å². The molecule has 2 heterocycles. The Morgan fingerprint density at radius 2 is 1.67 bits per heavy atom. The summed E-state index contributed by atoms with van der Waals surface area (Å²) >= 11 is 6.69. The van der Waals surface area contributed by atoms with Gasteiger partial charge in [-0.15, -0.1) is 0 Å². The van der Waals surface area contributed by atoms with Gasteiger partial charge in [0.25, 0.3) is 0 Å². The zero-order chi connectivity index (χ0) is 40.1. The van der Waals surface area contributed by atoms with Crippen LogP contribution in [0.4, 0.5) is 16.2 Å². The summed E-state index contributed by atoms with van der Waals surface area (Å²) in [5.74, 6) is 0.0799. The first-order chi connectivity index (χ1) is 27.7. The largest absolute Gasteiger partial charge is 0.493 e. The van der Waals surface area contributed by atoms with E-state index in [1.165, 1.54) is 12.0 Å². The predicted octanol–water partition coefficient (Wildman–Crippen LogP) is 7.75. The van der Waals surface area contributed by atoms with Gasteiger partial charge < -0.3 is 36.6 Å². The number of anilines is 1. The summed E-state index contributed by atoms with van der Waals surface area (Å²) in [6.07, 6.45) is 7.33. The average Bonchev–Trinajstić information content (AvgIpc) is 3.20. The average molecular weight is 792 g/mol. The Hall–Kier alpha value is -5.39. The number of benzene rings is 4. The van der Waals surface area contributed by atoms with Crippen LogP contribution in [0.15, 0.2) is 102 Å². The Bertz CT molecular complexity index is 2030. The van der Waals surface area contributed by atoms with E-state index in [-0.39, 0.29) is 31.0 Å². The number of halogens is 1. The molecule has 3 atom stereocenters. The van der Waals surface area contributed by atoms with Crippen molar-refractivity contribution in [2.75, 3.05) is 31.1 Å². The van der Waals surface area contributed by atoms with Crippen molar-refractivity contribution in [2.45, 2.75) is 76.9 Å². The molecule has 11 nitrogen and oxygen atoms in total. The van der Waals surface area contributed by atoms with Gasteiger partial charge in [-0.05, 0) is 66.8 Å². The Morgan fingerprint density at radius 1 is 0.930 bits per heavy atom. The van der Waals surface area contributed by atoms with Gasteiger partial charge in [-0.1, -0.05) is 117 Å². The van der Waals surface area contributed by atoms with Crippen LogP contribution >= 0.6 is 11.6 Å². The van der Waals surface area contributed by atoms with Crippen molar-refractivity contribution in [3.05, 3.63) is 124 Å². The number of para-hydroxylation sites is 1. The standard InChI is InChI=1S/C45H54ClN7O4/c1-2-3-4-5-6-14-26-52(39-20-13-12-19-37(39)46)41(54)30-53-40(28-31-15-8-7-9-16-31)50-38-29-33(21-22-35(38)44(53)51-45(48)56)57-27-24-36(43(47)55)42-34-18-11-10-17-32(34)23-25-49-42/h7-13,15-22,29,36,42,44,49H,2-6,14,23-28,30H2,1H3,(H2,47,55)(H3,48,51,56). The first-order valence-electron chi connectivity index (χ1n) is 20.1. The van der Waals surface area contributed by atoms with Gasteiger partial charge in [0, 0.05) is 30.6 Å². The first kappa shape index (κ1) is 41.2. The number of unbranched alkanes of at least 4 members (excludes halogenated alkanes) is 5. The van der Waals surface area contributed by atoms with Crippen molar-refractivity contribution < 1.29 is 19.1 Å². The number of nitrogens with zero attached hydrogens (tertiary/aromatic N) is 3. The minimum Gasteiger partial charge on any atom is -0.493 e. The summed E-state index contributed by atoms with van der Waals surface area (Å²) in [6.45, 7) is 3.60. The second-order valence-electron chi connectivity index (χ2n) is 14.7. The molecule has 0 saturated heterocycles. The maximum absolute atomic E-state index is 14.5. The lowest BCUT2D eigenvalue weighted by Crippen LogP contribution is -2.52. The minimum atomic E-state index is -0.800. The third-order valence-electron chi connectivity index (χ3n) is 10.8. The Labute approximate surface area is 340 Å². The van der Waals surface area contributed by atoms with Gasteiger partial charge >= 0.3 is 6.03 Å². The van der Waals surface area contributed by atoms with Gasteiger partial charge in [0.05, 0.1) is 28.9 Å². The molecule has 0 aliphatic carbocycles. The maximum atomic E-state index is 14.5. The van der Waals surface area contributed by atoms with Crippen LogP contribution in [0.3, 0.4) is 0 Å². The van der Waals surface area contributed by atoms with E-state index >= 15 is 0 Å². The van der Waals surface area contributed by atoms with E-state index in [2.05, 4.69) is 29.7 Å². The monoisotopic (exact) mass is 791 g/mol. The smallest absolute Gasteiger partial charge is 0.314 e. The van der Waals surface area contributed by atoms with Gasteiger partial charge in [-0.2, -0.15) is 0 Å². The number of aliphatic imine (C=N–C) groups is 1.